The van der Waals surface area contributed by atoms with Crippen molar-refractivity contribution in [1.82, 2.24) is 9.88 Å². The zero-order chi connectivity index (χ0) is 18.2. The second-order valence-corrected chi connectivity index (χ2v) is 6.12. The molecule has 134 valence electrons. The van der Waals surface area contributed by atoms with Crippen LogP contribution in [0.5, 0.6) is 0 Å². The molecule has 1 aromatic carbocycles. The molecule has 5 heteroatoms. The number of pyridine rings is 1. The topological polar surface area (TPSA) is 45.7 Å². The smallest absolute Gasteiger partial charge is 0.338 e. The maximum atomic E-state index is 12.3. The number of ether oxygens (including phenoxy) is 1. The third-order valence-electron chi connectivity index (χ3n) is 4.14. The van der Waals surface area contributed by atoms with Crippen LogP contribution in [0.15, 0.2) is 42.6 Å². The van der Waals surface area contributed by atoms with Crippen LogP contribution in [-0.4, -0.2) is 43.0 Å². The Labute approximate surface area is 150 Å². The van der Waals surface area contributed by atoms with Gasteiger partial charge in [-0.2, -0.15) is 0 Å². The first-order chi connectivity index (χ1) is 12.0. The van der Waals surface area contributed by atoms with Gasteiger partial charge in [0.25, 0.3) is 0 Å². The molecule has 0 bridgehead atoms. The van der Waals surface area contributed by atoms with Gasteiger partial charge in [0.15, 0.2) is 0 Å². The summed E-state index contributed by atoms with van der Waals surface area (Å²) in [6, 6.07) is 11.4. The number of benzene rings is 1. The fourth-order valence-corrected chi connectivity index (χ4v) is 2.62. The van der Waals surface area contributed by atoms with E-state index in [2.05, 4.69) is 23.7 Å². The molecule has 25 heavy (non-hydrogen) atoms. The molecule has 0 fully saturated rings. The normalized spacial score (nSPS) is 10.8. The fraction of sp³-hybridized carbons (Fsp3) is 0.400. The van der Waals surface area contributed by atoms with E-state index < -0.39 is 0 Å². The van der Waals surface area contributed by atoms with Crippen molar-refractivity contribution in [3.8, 4) is 0 Å². The van der Waals surface area contributed by atoms with Gasteiger partial charge < -0.3 is 9.64 Å². The van der Waals surface area contributed by atoms with Crippen molar-refractivity contribution in [3.05, 3.63) is 59.3 Å². The molecule has 0 aliphatic carbocycles. The number of hydrogen-bond acceptors (Lipinski definition) is 5. The average molecular weight is 341 g/mol. The van der Waals surface area contributed by atoms with Crippen molar-refractivity contribution >= 4 is 11.8 Å². The molecule has 0 aliphatic heterocycles. The Bertz CT molecular complexity index is 680. The highest BCUT2D eigenvalue weighted by Crippen LogP contribution is 2.16. The molecule has 1 heterocycles. The molecule has 0 saturated heterocycles. The molecule has 0 radical (unpaired) electrons. The molecule has 0 N–H and O–H groups in total. The molecule has 2 aromatic rings. The number of anilines is 1. The van der Waals surface area contributed by atoms with Crippen LogP contribution < -0.4 is 4.90 Å². The molecule has 0 spiro atoms. The molecule has 5 nitrogen and oxygen atoms in total. The van der Waals surface area contributed by atoms with E-state index in [1.165, 1.54) is 5.56 Å². The molecular formula is C20H27N3O2. The first kappa shape index (κ1) is 18.9. The van der Waals surface area contributed by atoms with Crippen molar-refractivity contribution in [2.24, 2.45) is 0 Å². The predicted octanol–water partition coefficient (Wildman–Crippen LogP) is 3.35. The van der Waals surface area contributed by atoms with Crippen LogP contribution in [-0.2, 0) is 17.9 Å². The molecule has 2 rings (SSSR count). The van der Waals surface area contributed by atoms with Gasteiger partial charge in [-0.3, -0.25) is 4.90 Å². The van der Waals surface area contributed by atoms with E-state index in [0.29, 0.717) is 5.56 Å². The van der Waals surface area contributed by atoms with E-state index in [9.17, 15) is 4.79 Å². The van der Waals surface area contributed by atoms with E-state index >= 15 is 0 Å². The number of hydrogen-bond donors (Lipinski definition) is 0. The maximum absolute atomic E-state index is 12.3. The second-order valence-electron chi connectivity index (χ2n) is 6.12. The van der Waals surface area contributed by atoms with Gasteiger partial charge in [0.2, 0.25) is 0 Å². The summed E-state index contributed by atoms with van der Waals surface area (Å²) in [5.74, 6) is 0.493. The zero-order valence-electron chi connectivity index (χ0n) is 15.5. The molecule has 0 atom stereocenters. The van der Waals surface area contributed by atoms with Crippen LogP contribution in [0.3, 0.4) is 0 Å². The lowest BCUT2D eigenvalue weighted by Gasteiger charge is -2.18. The van der Waals surface area contributed by atoms with Crippen LogP contribution in [0.1, 0.15) is 35.3 Å². The largest absolute Gasteiger partial charge is 0.457 e. The van der Waals surface area contributed by atoms with Gasteiger partial charge in [0.05, 0.1) is 5.56 Å². The van der Waals surface area contributed by atoms with Gasteiger partial charge in [-0.25, -0.2) is 9.78 Å². The number of esters is 1. The number of aromatic nitrogens is 1. The Kier molecular flexibility index (Phi) is 6.95. The third kappa shape index (κ3) is 5.29. The second kappa shape index (κ2) is 9.18. The van der Waals surface area contributed by atoms with E-state index in [-0.39, 0.29) is 12.6 Å². The molecule has 0 amide bonds. The lowest BCUT2D eigenvalue weighted by atomic mass is 10.1. The van der Waals surface area contributed by atoms with Crippen LogP contribution in [0.2, 0.25) is 0 Å². The first-order valence-corrected chi connectivity index (χ1v) is 8.64. The fourth-order valence-electron chi connectivity index (χ4n) is 2.62. The summed E-state index contributed by atoms with van der Waals surface area (Å²) in [5.41, 5.74) is 2.65. The Morgan fingerprint density at radius 2 is 1.76 bits per heavy atom. The number of carbonyl (C=O) groups excluding carboxylic acids is 1. The number of rotatable bonds is 8. The summed E-state index contributed by atoms with van der Waals surface area (Å²) in [6.07, 6.45) is 1.73. The van der Waals surface area contributed by atoms with Crippen molar-refractivity contribution in [1.29, 1.82) is 0 Å². The standard InChI is InChI=1S/C20H27N3O2/c1-5-23(6-2)14-16-9-11-17(12-10-16)20(24)25-15-18-8-7-13-21-19(18)22(3)4/h7-13H,5-6,14-15H2,1-4H3. The lowest BCUT2D eigenvalue weighted by molar-refractivity contribution is 0.0473. The Morgan fingerprint density at radius 3 is 2.36 bits per heavy atom. The molecule has 0 aliphatic rings. The molecule has 1 aromatic heterocycles. The van der Waals surface area contributed by atoms with Crippen molar-refractivity contribution in [2.45, 2.75) is 27.0 Å². The summed E-state index contributed by atoms with van der Waals surface area (Å²) < 4.78 is 5.45. The lowest BCUT2D eigenvalue weighted by Crippen LogP contribution is -2.22. The van der Waals surface area contributed by atoms with Gasteiger partial charge in [-0.1, -0.05) is 32.0 Å². The van der Waals surface area contributed by atoms with Crippen LogP contribution in [0, 0.1) is 0 Å². The maximum Gasteiger partial charge on any atom is 0.338 e. The monoisotopic (exact) mass is 341 g/mol. The highest BCUT2D eigenvalue weighted by Gasteiger charge is 2.11. The molecule has 0 saturated carbocycles. The van der Waals surface area contributed by atoms with Crippen LogP contribution >= 0.6 is 0 Å². The van der Waals surface area contributed by atoms with Crippen LogP contribution in [0.4, 0.5) is 5.82 Å². The SMILES string of the molecule is CCN(CC)Cc1ccc(C(=O)OCc2cccnc2N(C)C)cc1. The van der Waals surface area contributed by atoms with E-state index in [4.69, 9.17) is 4.74 Å². The van der Waals surface area contributed by atoms with Gasteiger partial charge >= 0.3 is 5.97 Å². The minimum absolute atomic E-state index is 0.210. The summed E-state index contributed by atoms with van der Waals surface area (Å²) >= 11 is 0. The summed E-state index contributed by atoms with van der Waals surface area (Å²) in [6.45, 7) is 7.43. The van der Waals surface area contributed by atoms with Gasteiger partial charge in [-0.15, -0.1) is 0 Å². The molecule has 0 unspecified atom stereocenters. The van der Waals surface area contributed by atoms with Gasteiger partial charge in [0, 0.05) is 32.4 Å². The highest BCUT2D eigenvalue weighted by atomic mass is 16.5. The summed E-state index contributed by atoms with van der Waals surface area (Å²) in [7, 11) is 3.84. The minimum Gasteiger partial charge on any atom is -0.457 e. The summed E-state index contributed by atoms with van der Waals surface area (Å²) in [5, 5.41) is 0. The predicted molar refractivity (Wildman–Crippen MR) is 101 cm³/mol. The third-order valence-corrected chi connectivity index (χ3v) is 4.14. The minimum atomic E-state index is -0.317. The quantitative estimate of drug-likeness (QED) is 0.689. The Hall–Kier alpha value is -2.40. The van der Waals surface area contributed by atoms with Crippen molar-refractivity contribution < 1.29 is 9.53 Å². The zero-order valence-corrected chi connectivity index (χ0v) is 15.5. The number of nitrogens with zero attached hydrogens (tertiary/aromatic N) is 3. The van der Waals surface area contributed by atoms with Crippen molar-refractivity contribution in [2.75, 3.05) is 32.1 Å². The van der Waals surface area contributed by atoms with Gasteiger partial charge in [0.1, 0.15) is 12.4 Å². The van der Waals surface area contributed by atoms with E-state index in [1.807, 2.05) is 55.4 Å². The van der Waals surface area contributed by atoms with E-state index in [0.717, 1.165) is 31.0 Å². The first-order valence-electron chi connectivity index (χ1n) is 8.64. The van der Waals surface area contributed by atoms with E-state index in [1.54, 1.807) is 6.20 Å². The van der Waals surface area contributed by atoms with Gasteiger partial charge in [-0.05, 0) is 36.9 Å². The Balaban J connectivity index is 1.97. The van der Waals surface area contributed by atoms with Crippen LogP contribution in [0.25, 0.3) is 0 Å². The highest BCUT2D eigenvalue weighted by molar-refractivity contribution is 5.89. The summed E-state index contributed by atoms with van der Waals surface area (Å²) in [4.78, 5) is 20.8. The van der Waals surface area contributed by atoms with Crippen molar-refractivity contribution in [3.63, 3.8) is 0 Å². The number of carbonyl (C=O) groups is 1. The Morgan fingerprint density at radius 1 is 1.08 bits per heavy atom. The average Bonchev–Trinajstić information content (AvgIpc) is 2.64. The molecular weight excluding hydrogens is 314 g/mol.